The number of nitrogens with zero attached hydrogens (tertiary/aromatic N) is 4. The molecule has 2 aliphatic rings. The van der Waals surface area contributed by atoms with Gasteiger partial charge < -0.3 is 14.6 Å². The summed E-state index contributed by atoms with van der Waals surface area (Å²) >= 11 is 1.46. The van der Waals surface area contributed by atoms with E-state index in [0.717, 1.165) is 27.2 Å². The molecule has 4 heterocycles. The molecule has 196 valence electrons. The Labute approximate surface area is 218 Å². The van der Waals surface area contributed by atoms with E-state index in [9.17, 15) is 19.7 Å². The SMILES string of the molecule is CCNCC(Cn1c(-c2ccnc3cc(CN4C(=O)C5C(C4=O)C5(C)C)sc23)cc([N+](=O)[O-])c1C)OC. The zero-order valence-corrected chi connectivity index (χ0v) is 22.4. The molecular weight excluding hydrogens is 494 g/mol. The Hall–Kier alpha value is -3.15. The number of imide groups is 1. The van der Waals surface area contributed by atoms with E-state index in [-0.39, 0.29) is 52.3 Å². The number of likely N-dealkylation sites (tertiary alicyclic amines) is 1. The van der Waals surface area contributed by atoms with Crippen LogP contribution >= 0.6 is 11.3 Å². The summed E-state index contributed by atoms with van der Waals surface area (Å²) in [4.78, 5) is 43.9. The summed E-state index contributed by atoms with van der Waals surface area (Å²) in [6.45, 7) is 9.76. The zero-order valence-electron chi connectivity index (χ0n) is 21.6. The summed E-state index contributed by atoms with van der Waals surface area (Å²) in [5.74, 6) is -0.634. The van der Waals surface area contributed by atoms with E-state index in [1.54, 1.807) is 26.3 Å². The molecule has 1 aliphatic carbocycles. The lowest BCUT2D eigenvalue weighted by molar-refractivity contribution is -0.385. The number of piperidine rings is 1. The monoisotopic (exact) mass is 525 g/mol. The van der Waals surface area contributed by atoms with Gasteiger partial charge in [0, 0.05) is 36.4 Å². The zero-order chi connectivity index (χ0) is 26.6. The average Bonchev–Trinajstić information content (AvgIpc) is 3.16. The van der Waals surface area contributed by atoms with Gasteiger partial charge in [-0.3, -0.25) is 29.6 Å². The molecule has 11 heteroatoms. The van der Waals surface area contributed by atoms with Gasteiger partial charge in [0.2, 0.25) is 11.8 Å². The van der Waals surface area contributed by atoms with Crippen molar-refractivity contribution in [3.05, 3.63) is 45.1 Å². The molecule has 2 fully saturated rings. The maximum atomic E-state index is 12.8. The van der Waals surface area contributed by atoms with Gasteiger partial charge in [-0.25, -0.2) is 0 Å². The van der Waals surface area contributed by atoms with Crippen molar-refractivity contribution in [1.29, 1.82) is 0 Å². The minimum atomic E-state index is -0.364. The van der Waals surface area contributed by atoms with Crippen molar-refractivity contribution in [3.63, 3.8) is 0 Å². The molecule has 3 aromatic rings. The minimum Gasteiger partial charge on any atom is -0.378 e. The van der Waals surface area contributed by atoms with Gasteiger partial charge in [0.1, 0.15) is 0 Å². The van der Waals surface area contributed by atoms with E-state index in [4.69, 9.17) is 4.74 Å². The highest BCUT2D eigenvalue weighted by molar-refractivity contribution is 7.19. The van der Waals surface area contributed by atoms with E-state index in [1.807, 2.05) is 37.5 Å². The van der Waals surface area contributed by atoms with E-state index in [0.29, 0.717) is 24.5 Å². The number of fused-ring (bicyclic) bond motifs is 2. The van der Waals surface area contributed by atoms with Gasteiger partial charge in [-0.1, -0.05) is 20.8 Å². The number of nitro groups is 1. The lowest BCUT2D eigenvalue weighted by Crippen LogP contribution is -2.35. The quantitative estimate of drug-likeness (QED) is 0.243. The first-order valence-corrected chi connectivity index (χ1v) is 13.2. The van der Waals surface area contributed by atoms with Crippen LogP contribution in [0.4, 0.5) is 5.69 Å². The molecule has 0 radical (unpaired) electrons. The fourth-order valence-electron chi connectivity index (χ4n) is 5.59. The molecule has 3 aromatic heterocycles. The summed E-state index contributed by atoms with van der Waals surface area (Å²) in [6.07, 6.45) is 1.51. The molecule has 1 N–H and O–H groups in total. The molecule has 1 saturated heterocycles. The van der Waals surface area contributed by atoms with Gasteiger partial charge in [-0.2, -0.15) is 0 Å². The maximum absolute atomic E-state index is 12.8. The molecule has 1 aliphatic heterocycles. The van der Waals surface area contributed by atoms with Crippen LogP contribution in [0.25, 0.3) is 21.5 Å². The van der Waals surface area contributed by atoms with Crippen molar-refractivity contribution < 1.29 is 19.2 Å². The topological polar surface area (TPSA) is 120 Å². The number of carbonyl (C=O) groups excluding carboxylic acids is 2. The van der Waals surface area contributed by atoms with Crippen LogP contribution < -0.4 is 5.32 Å². The molecule has 3 unspecified atom stereocenters. The van der Waals surface area contributed by atoms with Gasteiger partial charge in [-0.15, -0.1) is 11.3 Å². The average molecular weight is 526 g/mol. The molecule has 37 heavy (non-hydrogen) atoms. The van der Waals surface area contributed by atoms with Crippen LogP contribution in [0.3, 0.4) is 0 Å². The van der Waals surface area contributed by atoms with Gasteiger partial charge in [0.05, 0.1) is 57.6 Å². The lowest BCUT2D eigenvalue weighted by Gasteiger charge is -2.20. The van der Waals surface area contributed by atoms with Crippen LogP contribution in [0.15, 0.2) is 24.4 Å². The summed E-state index contributed by atoms with van der Waals surface area (Å²) in [6, 6.07) is 5.36. The standard InChI is InChI=1S/C26H31N5O5S/c1-6-27-11-15(36-5)12-29-14(2)19(31(34)35)10-20(29)17-7-8-28-18-9-16(37-23(17)18)13-30-24(32)21-22(25(30)33)26(21,3)4/h7-10,15,21-22,27H,6,11-13H2,1-5H3. The minimum absolute atomic E-state index is 0.0464. The van der Waals surface area contributed by atoms with E-state index in [1.165, 1.54) is 16.2 Å². The van der Waals surface area contributed by atoms with Gasteiger partial charge in [0.15, 0.2) is 0 Å². The number of amides is 2. The molecule has 1 saturated carbocycles. The second kappa shape index (κ2) is 9.30. The Morgan fingerprint density at radius 3 is 2.59 bits per heavy atom. The van der Waals surface area contributed by atoms with Crippen LogP contribution in [0.2, 0.25) is 0 Å². The third-order valence-corrected chi connectivity index (χ3v) is 8.96. The Balaban J connectivity index is 1.51. The number of pyridine rings is 1. The number of methoxy groups -OCH3 is 1. The molecule has 3 atom stereocenters. The number of hydrogen-bond donors (Lipinski definition) is 1. The van der Waals surface area contributed by atoms with E-state index in [2.05, 4.69) is 10.3 Å². The van der Waals surface area contributed by atoms with E-state index < -0.39 is 0 Å². The molecule has 0 aromatic carbocycles. The first kappa shape index (κ1) is 25.5. The van der Waals surface area contributed by atoms with Gasteiger partial charge >= 0.3 is 0 Å². The Bertz CT molecular complexity index is 1390. The predicted molar refractivity (Wildman–Crippen MR) is 140 cm³/mol. The number of rotatable bonds is 10. The number of aromatic nitrogens is 2. The lowest BCUT2D eigenvalue weighted by atomic mass is 10.1. The first-order valence-electron chi connectivity index (χ1n) is 12.4. The van der Waals surface area contributed by atoms with Crippen molar-refractivity contribution >= 4 is 39.1 Å². The molecule has 5 rings (SSSR count). The summed E-state index contributed by atoms with van der Waals surface area (Å²) in [7, 11) is 1.64. The van der Waals surface area contributed by atoms with Gasteiger partial charge in [0.25, 0.3) is 5.69 Å². The Morgan fingerprint density at radius 2 is 1.97 bits per heavy atom. The highest BCUT2D eigenvalue weighted by Gasteiger charge is 2.72. The van der Waals surface area contributed by atoms with Crippen LogP contribution in [-0.2, 0) is 27.4 Å². The van der Waals surface area contributed by atoms with Crippen molar-refractivity contribution in [1.82, 2.24) is 19.8 Å². The van der Waals surface area contributed by atoms with Gasteiger partial charge in [-0.05, 0) is 31.0 Å². The third-order valence-electron chi connectivity index (χ3n) is 7.82. The molecule has 2 amide bonds. The maximum Gasteiger partial charge on any atom is 0.290 e. The fraction of sp³-hybridized carbons (Fsp3) is 0.500. The largest absolute Gasteiger partial charge is 0.378 e. The Morgan fingerprint density at radius 1 is 1.27 bits per heavy atom. The summed E-state index contributed by atoms with van der Waals surface area (Å²) < 4.78 is 8.44. The van der Waals surface area contributed by atoms with Crippen LogP contribution in [0.5, 0.6) is 0 Å². The van der Waals surface area contributed by atoms with Crippen molar-refractivity contribution in [2.45, 2.75) is 46.9 Å². The van der Waals surface area contributed by atoms with Crippen molar-refractivity contribution in [2.24, 2.45) is 17.3 Å². The fourth-order valence-corrected chi connectivity index (χ4v) is 6.71. The number of hydrogen-bond acceptors (Lipinski definition) is 8. The van der Waals surface area contributed by atoms with E-state index >= 15 is 0 Å². The second-order valence-corrected chi connectivity index (χ2v) is 11.5. The highest BCUT2D eigenvalue weighted by atomic mass is 32.1. The van der Waals surface area contributed by atoms with Crippen LogP contribution in [0, 0.1) is 34.3 Å². The predicted octanol–water partition coefficient (Wildman–Crippen LogP) is 3.75. The van der Waals surface area contributed by atoms with Crippen molar-refractivity contribution in [3.8, 4) is 11.3 Å². The number of nitrogens with one attached hydrogen (secondary N) is 1. The Kier molecular flexibility index (Phi) is 6.41. The smallest absolute Gasteiger partial charge is 0.290 e. The molecule has 0 spiro atoms. The van der Waals surface area contributed by atoms with Crippen LogP contribution in [-0.4, -0.2) is 57.5 Å². The number of ether oxygens (including phenoxy) is 1. The normalized spacial score (nSPS) is 21.1. The molecule has 0 bridgehead atoms. The van der Waals surface area contributed by atoms with Crippen LogP contribution in [0.1, 0.15) is 31.3 Å². The number of likely N-dealkylation sites (N-methyl/N-ethyl adjacent to an activating group) is 1. The summed E-state index contributed by atoms with van der Waals surface area (Å²) in [5, 5.41) is 15.1. The second-order valence-electron chi connectivity index (χ2n) is 10.4. The number of thiophene rings is 1. The first-order chi connectivity index (χ1) is 17.6. The molecule has 10 nitrogen and oxygen atoms in total. The van der Waals surface area contributed by atoms with Crippen molar-refractivity contribution in [2.75, 3.05) is 20.2 Å². The number of carbonyl (C=O) groups is 2. The third kappa shape index (κ3) is 4.14. The highest BCUT2D eigenvalue weighted by Crippen LogP contribution is 2.63. The molecular formula is C26H31N5O5S. The summed E-state index contributed by atoms with van der Waals surface area (Å²) in [5.41, 5.74) is 2.61.